The standard InChI is InChI=1S/C17H21NO4/c19-17-12-15(13-22-17)10-14-2-1-3-16(11-14)21-9-6-18-4-7-20-8-5-18/h1-3,11-12H,4-10,13H2. The summed E-state index contributed by atoms with van der Waals surface area (Å²) in [4.78, 5) is 13.4. The lowest BCUT2D eigenvalue weighted by Crippen LogP contribution is -2.38. The molecule has 0 atom stereocenters. The number of hydrogen-bond donors (Lipinski definition) is 0. The van der Waals surface area contributed by atoms with E-state index in [-0.39, 0.29) is 5.97 Å². The maximum Gasteiger partial charge on any atom is 0.331 e. The molecule has 0 saturated carbocycles. The summed E-state index contributed by atoms with van der Waals surface area (Å²) in [6.07, 6.45) is 2.30. The zero-order valence-electron chi connectivity index (χ0n) is 12.6. The molecule has 0 unspecified atom stereocenters. The lowest BCUT2D eigenvalue weighted by molar-refractivity contribution is -0.134. The molecule has 0 radical (unpaired) electrons. The molecule has 5 nitrogen and oxygen atoms in total. The van der Waals surface area contributed by atoms with Crippen LogP contribution in [0.15, 0.2) is 35.9 Å². The molecule has 0 spiro atoms. The molecule has 0 aliphatic carbocycles. The molecule has 3 rings (SSSR count). The van der Waals surface area contributed by atoms with Crippen LogP contribution in [-0.4, -0.2) is 56.9 Å². The summed E-state index contributed by atoms with van der Waals surface area (Å²) < 4.78 is 16.1. The van der Waals surface area contributed by atoms with Crippen LogP contribution in [0.4, 0.5) is 0 Å². The molecule has 2 heterocycles. The first kappa shape index (κ1) is 15.1. The summed E-state index contributed by atoms with van der Waals surface area (Å²) in [6.45, 7) is 5.57. The molecule has 2 aliphatic rings. The second-order valence-corrected chi connectivity index (χ2v) is 5.54. The number of benzene rings is 1. The first-order valence-electron chi connectivity index (χ1n) is 7.68. The number of esters is 1. The summed E-state index contributed by atoms with van der Waals surface area (Å²) in [7, 11) is 0. The Balaban J connectivity index is 1.48. The number of rotatable bonds is 6. The zero-order valence-corrected chi connectivity index (χ0v) is 12.6. The Hall–Kier alpha value is -1.85. The van der Waals surface area contributed by atoms with Gasteiger partial charge in [0.2, 0.25) is 0 Å². The van der Waals surface area contributed by atoms with Gasteiger partial charge >= 0.3 is 5.97 Å². The number of morpholine rings is 1. The highest BCUT2D eigenvalue weighted by molar-refractivity contribution is 5.85. The van der Waals surface area contributed by atoms with E-state index in [0.717, 1.165) is 56.2 Å². The lowest BCUT2D eigenvalue weighted by atomic mass is 10.1. The molecule has 0 amide bonds. The number of nitrogens with zero attached hydrogens (tertiary/aromatic N) is 1. The fourth-order valence-electron chi connectivity index (χ4n) is 2.64. The smallest absolute Gasteiger partial charge is 0.331 e. The van der Waals surface area contributed by atoms with Gasteiger partial charge in [-0.3, -0.25) is 4.90 Å². The number of cyclic esters (lactones) is 1. The molecular formula is C17H21NO4. The highest BCUT2D eigenvalue weighted by Gasteiger charge is 2.13. The van der Waals surface area contributed by atoms with E-state index in [4.69, 9.17) is 14.2 Å². The lowest BCUT2D eigenvalue weighted by Gasteiger charge is -2.26. The third-order valence-electron chi connectivity index (χ3n) is 3.83. The average Bonchev–Trinajstić information content (AvgIpc) is 2.94. The maximum atomic E-state index is 11.1. The highest BCUT2D eigenvalue weighted by atomic mass is 16.5. The molecule has 1 aromatic carbocycles. The monoisotopic (exact) mass is 303 g/mol. The van der Waals surface area contributed by atoms with E-state index < -0.39 is 0 Å². The summed E-state index contributed by atoms with van der Waals surface area (Å²) >= 11 is 0. The van der Waals surface area contributed by atoms with Gasteiger partial charge in [-0.15, -0.1) is 0 Å². The molecule has 22 heavy (non-hydrogen) atoms. The van der Waals surface area contributed by atoms with Crippen molar-refractivity contribution >= 4 is 5.97 Å². The first-order chi connectivity index (χ1) is 10.8. The van der Waals surface area contributed by atoms with Crippen molar-refractivity contribution in [2.75, 3.05) is 46.1 Å². The van der Waals surface area contributed by atoms with Gasteiger partial charge in [-0.1, -0.05) is 12.1 Å². The van der Waals surface area contributed by atoms with Crippen molar-refractivity contribution in [3.05, 3.63) is 41.5 Å². The van der Waals surface area contributed by atoms with Crippen molar-refractivity contribution in [1.29, 1.82) is 0 Å². The van der Waals surface area contributed by atoms with E-state index in [9.17, 15) is 4.79 Å². The fourth-order valence-corrected chi connectivity index (χ4v) is 2.64. The summed E-state index contributed by atoms with van der Waals surface area (Å²) in [5.74, 6) is 0.629. The van der Waals surface area contributed by atoms with E-state index >= 15 is 0 Å². The van der Waals surface area contributed by atoms with Crippen molar-refractivity contribution in [3.8, 4) is 5.75 Å². The molecular weight excluding hydrogens is 282 g/mol. The number of carbonyl (C=O) groups is 1. The van der Waals surface area contributed by atoms with Crippen molar-refractivity contribution in [2.24, 2.45) is 0 Å². The van der Waals surface area contributed by atoms with Gasteiger partial charge in [0.1, 0.15) is 19.0 Å². The van der Waals surface area contributed by atoms with E-state index in [1.54, 1.807) is 6.08 Å². The Labute approximate surface area is 130 Å². The third-order valence-corrected chi connectivity index (χ3v) is 3.83. The van der Waals surface area contributed by atoms with Crippen LogP contribution in [0, 0.1) is 0 Å². The minimum Gasteiger partial charge on any atom is -0.492 e. The SMILES string of the molecule is O=C1C=C(Cc2cccc(OCCN3CCOCC3)c2)CO1. The number of ether oxygens (including phenoxy) is 3. The van der Waals surface area contributed by atoms with Crippen molar-refractivity contribution < 1.29 is 19.0 Å². The fraction of sp³-hybridized carbons (Fsp3) is 0.471. The Bertz CT molecular complexity index is 549. The highest BCUT2D eigenvalue weighted by Crippen LogP contribution is 2.18. The van der Waals surface area contributed by atoms with Crippen LogP contribution in [0.1, 0.15) is 5.56 Å². The molecule has 0 N–H and O–H groups in total. The predicted molar refractivity (Wildman–Crippen MR) is 81.9 cm³/mol. The molecule has 1 fully saturated rings. The van der Waals surface area contributed by atoms with Gasteiger partial charge < -0.3 is 14.2 Å². The van der Waals surface area contributed by atoms with Crippen molar-refractivity contribution in [3.63, 3.8) is 0 Å². The second kappa shape index (κ2) is 7.42. The molecule has 1 aromatic rings. The molecule has 0 aromatic heterocycles. The van der Waals surface area contributed by atoms with Gasteiger partial charge in [0, 0.05) is 25.7 Å². The van der Waals surface area contributed by atoms with Crippen LogP contribution in [0.25, 0.3) is 0 Å². The predicted octanol–water partition coefficient (Wildman–Crippen LogP) is 1.42. The van der Waals surface area contributed by atoms with Crippen LogP contribution >= 0.6 is 0 Å². The molecule has 118 valence electrons. The average molecular weight is 303 g/mol. The molecule has 5 heteroatoms. The summed E-state index contributed by atoms with van der Waals surface area (Å²) in [5.41, 5.74) is 2.14. The van der Waals surface area contributed by atoms with E-state index in [2.05, 4.69) is 4.90 Å². The van der Waals surface area contributed by atoms with Crippen LogP contribution < -0.4 is 4.74 Å². The van der Waals surface area contributed by atoms with Gasteiger partial charge in [0.15, 0.2) is 0 Å². The van der Waals surface area contributed by atoms with Crippen LogP contribution in [-0.2, 0) is 20.7 Å². The number of hydrogen-bond acceptors (Lipinski definition) is 5. The van der Waals surface area contributed by atoms with Crippen LogP contribution in [0.2, 0.25) is 0 Å². The van der Waals surface area contributed by atoms with E-state index in [0.29, 0.717) is 13.2 Å². The van der Waals surface area contributed by atoms with Crippen molar-refractivity contribution in [2.45, 2.75) is 6.42 Å². The number of carbonyl (C=O) groups excluding carboxylic acids is 1. The van der Waals surface area contributed by atoms with E-state index in [1.807, 2.05) is 24.3 Å². The summed E-state index contributed by atoms with van der Waals surface area (Å²) in [5, 5.41) is 0. The largest absolute Gasteiger partial charge is 0.492 e. The van der Waals surface area contributed by atoms with Gasteiger partial charge in [-0.2, -0.15) is 0 Å². The van der Waals surface area contributed by atoms with Gasteiger partial charge in [-0.25, -0.2) is 4.79 Å². The molecule has 2 aliphatic heterocycles. The first-order valence-corrected chi connectivity index (χ1v) is 7.68. The second-order valence-electron chi connectivity index (χ2n) is 5.54. The molecule has 0 bridgehead atoms. The Morgan fingerprint density at radius 3 is 2.86 bits per heavy atom. The van der Waals surface area contributed by atoms with Gasteiger partial charge in [0.25, 0.3) is 0 Å². The van der Waals surface area contributed by atoms with Crippen LogP contribution in [0.3, 0.4) is 0 Å². The van der Waals surface area contributed by atoms with Crippen LogP contribution in [0.5, 0.6) is 5.75 Å². The molecule has 1 saturated heterocycles. The maximum absolute atomic E-state index is 11.1. The zero-order chi connectivity index (χ0) is 15.2. The van der Waals surface area contributed by atoms with Crippen molar-refractivity contribution in [1.82, 2.24) is 4.90 Å². The van der Waals surface area contributed by atoms with Gasteiger partial charge in [-0.05, 0) is 29.7 Å². The summed E-state index contributed by atoms with van der Waals surface area (Å²) in [6, 6.07) is 8.02. The van der Waals surface area contributed by atoms with E-state index in [1.165, 1.54) is 0 Å². The minimum absolute atomic E-state index is 0.243. The quantitative estimate of drug-likeness (QED) is 0.744. The Morgan fingerprint density at radius 2 is 2.09 bits per heavy atom. The Kier molecular flexibility index (Phi) is 5.08. The Morgan fingerprint density at radius 1 is 1.23 bits per heavy atom. The topological polar surface area (TPSA) is 48.0 Å². The minimum atomic E-state index is -0.243. The normalized spacial score (nSPS) is 18.9. The van der Waals surface area contributed by atoms with Gasteiger partial charge in [0.05, 0.1) is 13.2 Å². The third kappa shape index (κ3) is 4.32.